The number of nitrogens with zero attached hydrogens (tertiary/aromatic N) is 3. The standard InChI is InChI=1S/C21H25N3O2/c1-21(2,3)26-20(25)24-14-18-12-19(24)13-23(18)17-6-4-5-16(11-17)15-7-9-22-10-8-15/h4-11,18-19H,12-14H2,1-3H3/t18-,19+/m1/s1. The number of fused-ring (bicyclic) bond motifs is 2. The van der Waals surface area contributed by atoms with E-state index in [0.717, 1.165) is 19.5 Å². The Labute approximate surface area is 154 Å². The van der Waals surface area contributed by atoms with Crippen LogP contribution in [0.15, 0.2) is 48.8 Å². The van der Waals surface area contributed by atoms with Crippen molar-refractivity contribution < 1.29 is 9.53 Å². The van der Waals surface area contributed by atoms with Crippen molar-refractivity contribution in [1.29, 1.82) is 0 Å². The van der Waals surface area contributed by atoms with Gasteiger partial charge in [0.2, 0.25) is 0 Å². The lowest BCUT2D eigenvalue weighted by Gasteiger charge is -2.36. The Morgan fingerprint density at radius 2 is 1.85 bits per heavy atom. The molecule has 1 amide bonds. The Morgan fingerprint density at radius 1 is 1.08 bits per heavy atom. The van der Waals surface area contributed by atoms with Crippen LogP contribution in [0.25, 0.3) is 11.1 Å². The van der Waals surface area contributed by atoms with Crippen molar-refractivity contribution in [1.82, 2.24) is 9.88 Å². The third-order valence-corrected chi connectivity index (χ3v) is 5.06. The van der Waals surface area contributed by atoms with E-state index in [1.807, 2.05) is 50.2 Å². The average Bonchev–Trinajstić information content (AvgIpc) is 3.22. The zero-order chi connectivity index (χ0) is 18.3. The predicted octanol–water partition coefficient (Wildman–Crippen LogP) is 3.95. The van der Waals surface area contributed by atoms with Gasteiger partial charge in [-0.1, -0.05) is 12.1 Å². The van der Waals surface area contributed by atoms with Crippen LogP contribution in [0, 0.1) is 0 Å². The van der Waals surface area contributed by atoms with E-state index in [1.165, 1.54) is 16.8 Å². The van der Waals surface area contributed by atoms with E-state index in [-0.39, 0.29) is 12.1 Å². The molecular weight excluding hydrogens is 326 g/mol. The number of aromatic nitrogens is 1. The number of carbonyl (C=O) groups excluding carboxylic acids is 1. The second-order valence-corrected chi connectivity index (χ2v) is 8.11. The first kappa shape index (κ1) is 16.9. The van der Waals surface area contributed by atoms with Gasteiger partial charge in [-0.15, -0.1) is 0 Å². The van der Waals surface area contributed by atoms with Gasteiger partial charge in [0.05, 0.1) is 6.04 Å². The number of hydrogen-bond acceptors (Lipinski definition) is 4. The van der Waals surface area contributed by atoms with E-state index in [1.54, 1.807) is 0 Å². The third kappa shape index (κ3) is 3.26. The molecule has 2 aliphatic rings. The van der Waals surface area contributed by atoms with Crippen molar-refractivity contribution in [3.8, 4) is 11.1 Å². The number of hydrogen-bond donors (Lipinski definition) is 0. The molecule has 2 fully saturated rings. The Balaban J connectivity index is 1.49. The summed E-state index contributed by atoms with van der Waals surface area (Å²) in [5.41, 5.74) is 3.13. The molecule has 0 aliphatic carbocycles. The third-order valence-electron chi connectivity index (χ3n) is 5.06. The van der Waals surface area contributed by atoms with Gasteiger partial charge in [-0.2, -0.15) is 0 Å². The lowest BCUT2D eigenvalue weighted by atomic mass is 10.1. The van der Waals surface area contributed by atoms with Crippen LogP contribution in [0.4, 0.5) is 10.5 Å². The molecule has 4 rings (SSSR count). The fourth-order valence-electron chi connectivity index (χ4n) is 3.94. The minimum atomic E-state index is -0.447. The lowest BCUT2D eigenvalue weighted by molar-refractivity contribution is 0.0215. The van der Waals surface area contributed by atoms with Crippen LogP contribution in [-0.4, -0.2) is 46.8 Å². The molecule has 0 radical (unpaired) electrons. The summed E-state index contributed by atoms with van der Waals surface area (Å²) in [5.74, 6) is 0. The number of anilines is 1. The minimum Gasteiger partial charge on any atom is -0.444 e. The van der Waals surface area contributed by atoms with Gasteiger partial charge in [-0.25, -0.2) is 4.79 Å². The summed E-state index contributed by atoms with van der Waals surface area (Å²) in [6.45, 7) is 7.34. The van der Waals surface area contributed by atoms with E-state index >= 15 is 0 Å². The minimum absolute atomic E-state index is 0.185. The highest BCUT2D eigenvalue weighted by Crippen LogP contribution is 2.36. The first-order valence-electron chi connectivity index (χ1n) is 9.17. The van der Waals surface area contributed by atoms with Crippen molar-refractivity contribution >= 4 is 11.8 Å². The molecule has 1 aromatic heterocycles. The number of benzene rings is 1. The van der Waals surface area contributed by atoms with Gasteiger partial charge in [0.1, 0.15) is 5.60 Å². The van der Waals surface area contributed by atoms with Crippen LogP contribution in [-0.2, 0) is 4.74 Å². The van der Waals surface area contributed by atoms with E-state index in [2.05, 4.69) is 34.1 Å². The number of carbonyl (C=O) groups is 1. The summed E-state index contributed by atoms with van der Waals surface area (Å²) in [5, 5.41) is 0. The van der Waals surface area contributed by atoms with E-state index in [4.69, 9.17) is 4.74 Å². The van der Waals surface area contributed by atoms with Gasteiger partial charge < -0.3 is 14.5 Å². The topological polar surface area (TPSA) is 45.7 Å². The molecule has 0 unspecified atom stereocenters. The average molecular weight is 351 g/mol. The van der Waals surface area contributed by atoms with Gasteiger partial charge in [0.25, 0.3) is 0 Å². The molecule has 2 aliphatic heterocycles. The molecule has 26 heavy (non-hydrogen) atoms. The zero-order valence-electron chi connectivity index (χ0n) is 15.6. The molecule has 1 aromatic carbocycles. The van der Waals surface area contributed by atoms with Gasteiger partial charge in [0, 0.05) is 37.2 Å². The molecule has 136 valence electrons. The van der Waals surface area contributed by atoms with E-state index < -0.39 is 5.60 Å². The molecule has 5 nitrogen and oxygen atoms in total. The summed E-state index contributed by atoms with van der Waals surface area (Å²) in [7, 11) is 0. The van der Waals surface area contributed by atoms with Crippen LogP contribution in [0.1, 0.15) is 27.2 Å². The maximum Gasteiger partial charge on any atom is 0.410 e. The van der Waals surface area contributed by atoms with Crippen molar-refractivity contribution in [2.45, 2.75) is 44.9 Å². The Bertz CT molecular complexity index is 800. The maximum absolute atomic E-state index is 12.4. The smallest absolute Gasteiger partial charge is 0.410 e. The summed E-state index contributed by atoms with van der Waals surface area (Å²) in [6, 6.07) is 13.3. The molecule has 2 bridgehead atoms. The Kier molecular flexibility index (Phi) is 4.10. The highest BCUT2D eigenvalue weighted by Gasteiger charge is 2.46. The molecule has 2 saturated heterocycles. The van der Waals surface area contributed by atoms with Crippen molar-refractivity contribution in [3.05, 3.63) is 48.8 Å². The molecule has 0 spiro atoms. The van der Waals surface area contributed by atoms with Crippen molar-refractivity contribution in [2.75, 3.05) is 18.0 Å². The molecule has 5 heteroatoms. The van der Waals surface area contributed by atoms with Crippen LogP contribution >= 0.6 is 0 Å². The van der Waals surface area contributed by atoms with E-state index in [9.17, 15) is 4.79 Å². The number of piperazine rings is 1. The van der Waals surface area contributed by atoms with Gasteiger partial charge in [-0.3, -0.25) is 4.98 Å². The monoisotopic (exact) mass is 351 g/mol. The summed E-state index contributed by atoms with van der Waals surface area (Å²) in [6.07, 6.45) is 4.46. The van der Waals surface area contributed by atoms with Gasteiger partial charge in [-0.05, 0) is 62.6 Å². The summed E-state index contributed by atoms with van der Waals surface area (Å²) in [4.78, 5) is 20.8. The maximum atomic E-state index is 12.4. The number of likely N-dealkylation sites (tertiary alicyclic amines) is 1. The van der Waals surface area contributed by atoms with Crippen LogP contribution in [0.5, 0.6) is 0 Å². The van der Waals surface area contributed by atoms with Gasteiger partial charge >= 0.3 is 6.09 Å². The second kappa shape index (κ2) is 6.31. The number of pyridine rings is 1. The highest BCUT2D eigenvalue weighted by molar-refractivity contribution is 5.72. The number of amides is 1. The molecule has 2 atom stereocenters. The van der Waals surface area contributed by atoms with Crippen LogP contribution in [0.3, 0.4) is 0 Å². The molecular formula is C21H25N3O2. The summed E-state index contributed by atoms with van der Waals surface area (Å²) >= 11 is 0. The van der Waals surface area contributed by atoms with Crippen LogP contribution in [0.2, 0.25) is 0 Å². The van der Waals surface area contributed by atoms with Crippen LogP contribution < -0.4 is 4.90 Å². The molecule has 2 aromatic rings. The Hall–Kier alpha value is -2.56. The van der Waals surface area contributed by atoms with Crippen molar-refractivity contribution in [2.24, 2.45) is 0 Å². The predicted molar refractivity (Wildman–Crippen MR) is 102 cm³/mol. The van der Waals surface area contributed by atoms with E-state index in [0.29, 0.717) is 6.04 Å². The SMILES string of the molecule is CC(C)(C)OC(=O)N1C[C@H]2C[C@H]1CN2c1cccc(-c2ccncc2)c1. The fraction of sp³-hybridized carbons (Fsp3) is 0.429. The fourth-order valence-corrected chi connectivity index (χ4v) is 3.94. The molecule has 0 saturated carbocycles. The number of rotatable bonds is 2. The first-order chi connectivity index (χ1) is 12.4. The second-order valence-electron chi connectivity index (χ2n) is 8.11. The van der Waals surface area contributed by atoms with Gasteiger partial charge in [0.15, 0.2) is 0 Å². The first-order valence-corrected chi connectivity index (χ1v) is 9.17. The molecule has 3 heterocycles. The van der Waals surface area contributed by atoms with Crippen molar-refractivity contribution in [3.63, 3.8) is 0 Å². The summed E-state index contributed by atoms with van der Waals surface area (Å²) < 4.78 is 5.55. The Morgan fingerprint density at radius 3 is 2.50 bits per heavy atom. The molecule has 0 N–H and O–H groups in total. The number of ether oxygens (including phenoxy) is 1. The lowest BCUT2D eigenvalue weighted by Crippen LogP contribution is -2.50. The highest BCUT2D eigenvalue weighted by atomic mass is 16.6. The zero-order valence-corrected chi connectivity index (χ0v) is 15.6. The quantitative estimate of drug-likeness (QED) is 0.822. The largest absolute Gasteiger partial charge is 0.444 e. The normalized spacial score (nSPS) is 22.0.